The second-order valence-corrected chi connectivity index (χ2v) is 5.72. The molecule has 3 rings (SSSR count). The van der Waals surface area contributed by atoms with Gasteiger partial charge in [-0.25, -0.2) is 9.97 Å². The molecule has 2 heterocycles. The maximum absolute atomic E-state index is 11.6. The van der Waals surface area contributed by atoms with Gasteiger partial charge in [0.25, 0.3) is 5.56 Å². The highest BCUT2D eigenvalue weighted by Crippen LogP contribution is 2.21. The fourth-order valence-electron chi connectivity index (χ4n) is 2.19. The van der Waals surface area contributed by atoms with E-state index in [0.717, 1.165) is 29.0 Å². The van der Waals surface area contributed by atoms with E-state index in [-0.39, 0.29) is 5.56 Å². The summed E-state index contributed by atoms with van der Waals surface area (Å²) in [4.78, 5) is 23.4. The summed E-state index contributed by atoms with van der Waals surface area (Å²) < 4.78 is 2.07. The van der Waals surface area contributed by atoms with Crippen molar-refractivity contribution in [1.82, 2.24) is 19.5 Å². The van der Waals surface area contributed by atoms with E-state index in [2.05, 4.69) is 19.5 Å². The predicted molar refractivity (Wildman–Crippen MR) is 84.5 cm³/mol. The molecule has 6 heteroatoms. The van der Waals surface area contributed by atoms with Crippen LogP contribution in [0.1, 0.15) is 18.4 Å². The number of nitrogens with zero attached hydrogens (tertiary/aromatic N) is 3. The Morgan fingerprint density at radius 1 is 1.29 bits per heavy atom. The Kier molecular flexibility index (Phi) is 3.79. The monoisotopic (exact) mass is 300 g/mol. The highest BCUT2D eigenvalue weighted by molar-refractivity contribution is 7.98. The van der Waals surface area contributed by atoms with Gasteiger partial charge in [-0.15, -0.1) is 0 Å². The lowest BCUT2D eigenvalue weighted by molar-refractivity contribution is 0.854. The summed E-state index contributed by atoms with van der Waals surface area (Å²) in [6.45, 7) is 1.99. The molecule has 0 aliphatic heterocycles. The number of para-hydroxylation sites is 2. The minimum absolute atomic E-state index is 0.102. The second-order valence-electron chi connectivity index (χ2n) is 4.76. The van der Waals surface area contributed by atoms with Crippen LogP contribution in [0.5, 0.6) is 0 Å². The molecule has 1 aromatic carbocycles. The molecule has 0 fully saturated rings. The van der Waals surface area contributed by atoms with Gasteiger partial charge in [0, 0.05) is 18.8 Å². The molecule has 0 unspecified atom stereocenters. The van der Waals surface area contributed by atoms with E-state index in [1.54, 1.807) is 6.07 Å². The summed E-state index contributed by atoms with van der Waals surface area (Å²) in [7, 11) is 2.00. The number of H-pyrrole nitrogens is 1. The standard InChI is InChI=1S/C15H16N4OS/c1-3-10-8-14(20)18-15(16-10)21-9-13-17-11-6-4-5-7-12(11)19(13)2/h4-8H,3,9H2,1-2H3,(H,16,18,20). The number of rotatable bonds is 4. The zero-order valence-corrected chi connectivity index (χ0v) is 12.8. The predicted octanol–water partition coefficient (Wildman–Crippen LogP) is 2.51. The van der Waals surface area contributed by atoms with Gasteiger partial charge >= 0.3 is 0 Å². The third kappa shape index (κ3) is 2.85. The number of fused-ring (bicyclic) bond motifs is 1. The molecular weight excluding hydrogens is 284 g/mol. The van der Waals surface area contributed by atoms with Crippen LogP contribution in [0.25, 0.3) is 11.0 Å². The second kappa shape index (κ2) is 5.73. The molecule has 0 saturated carbocycles. The van der Waals surface area contributed by atoms with E-state index in [0.29, 0.717) is 10.9 Å². The molecule has 0 atom stereocenters. The van der Waals surface area contributed by atoms with Crippen LogP contribution in [0.4, 0.5) is 0 Å². The average Bonchev–Trinajstić information content (AvgIpc) is 2.81. The topological polar surface area (TPSA) is 63.6 Å². The van der Waals surface area contributed by atoms with Crippen LogP contribution in [-0.4, -0.2) is 19.5 Å². The van der Waals surface area contributed by atoms with Gasteiger partial charge in [-0.3, -0.25) is 4.79 Å². The van der Waals surface area contributed by atoms with Gasteiger partial charge in [0.15, 0.2) is 5.16 Å². The van der Waals surface area contributed by atoms with Crippen LogP contribution < -0.4 is 5.56 Å². The zero-order chi connectivity index (χ0) is 14.8. The number of aromatic amines is 1. The van der Waals surface area contributed by atoms with Crippen LogP contribution in [-0.2, 0) is 19.2 Å². The first-order valence-electron chi connectivity index (χ1n) is 6.80. The minimum atomic E-state index is -0.102. The summed E-state index contributed by atoms with van der Waals surface area (Å²) in [5, 5.41) is 0.645. The smallest absolute Gasteiger partial charge is 0.251 e. The van der Waals surface area contributed by atoms with Crippen molar-refractivity contribution in [3.05, 3.63) is 52.2 Å². The number of hydrogen-bond donors (Lipinski definition) is 1. The van der Waals surface area contributed by atoms with Gasteiger partial charge in [0.05, 0.1) is 16.8 Å². The maximum atomic E-state index is 11.6. The lowest BCUT2D eigenvalue weighted by Crippen LogP contribution is -2.09. The molecule has 21 heavy (non-hydrogen) atoms. The first kappa shape index (κ1) is 13.9. The number of hydrogen-bond acceptors (Lipinski definition) is 4. The van der Waals surface area contributed by atoms with Gasteiger partial charge < -0.3 is 9.55 Å². The lowest BCUT2D eigenvalue weighted by atomic mass is 10.3. The molecule has 0 saturated heterocycles. The van der Waals surface area contributed by atoms with Crippen molar-refractivity contribution >= 4 is 22.8 Å². The third-order valence-electron chi connectivity index (χ3n) is 3.35. The highest BCUT2D eigenvalue weighted by Gasteiger charge is 2.08. The number of aromatic nitrogens is 4. The summed E-state index contributed by atoms with van der Waals surface area (Å²) in [6, 6.07) is 9.58. The molecule has 0 radical (unpaired) electrons. The van der Waals surface area contributed by atoms with Gasteiger partial charge in [-0.05, 0) is 18.6 Å². The van der Waals surface area contributed by atoms with Crippen LogP contribution >= 0.6 is 11.8 Å². The first-order valence-corrected chi connectivity index (χ1v) is 7.79. The minimum Gasteiger partial charge on any atom is -0.330 e. The van der Waals surface area contributed by atoms with Gasteiger partial charge in [-0.2, -0.15) is 0 Å². The largest absolute Gasteiger partial charge is 0.330 e. The van der Waals surface area contributed by atoms with E-state index >= 15 is 0 Å². The fraction of sp³-hybridized carbons (Fsp3) is 0.267. The molecule has 0 bridgehead atoms. The normalized spacial score (nSPS) is 11.1. The van der Waals surface area contributed by atoms with E-state index in [9.17, 15) is 4.79 Å². The zero-order valence-electron chi connectivity index (χ0n) is 12.0. The van der Waals surface area contributed by atoms with Gasteiger partial charge in [-0.1, -0.05) is 30.8 Å². The molecule has 5 nitrogen and oxygen atoms in total. The number of benzene rings is 1. The van der Waals surface area contributed by atoms with Crippen molar-refractivity contribution in [1.29, 1.82) is 0 Å². The quantitative estimate of drug-likeness (QED) is 0.594. The SMILES string of the molecule is CCc1cc(=O)[nH]c(SCc2nc3ccccc3n2C)n1. The molecule has 108 valence electrons. The molecule has 0 spiro atoms. The third-order valence-corrected chi connectivity index (χ3v) is 4.22. The molecular formula is C15H16N4OS. The first-order chi connectivity index (χ1) is 10.2. The Morgan fingerprint density at radius 3 is 2.86 bits per heavy atom. The number of thioether (sulfide) groups is 1. The van der Waals surface area contributed by atoms with Crippen LogP contribution in [0.15, 0.2) is 40.3 Å². The van der Waals surface area contributed by atoms with E-state index in [1.165, 1.54) is 11.8 Å². The van der Waals surface area contributed by atoms with Crippen molar-refractivity contribution in [2.45, 2.75) is 24.3 Å². The van der Waals surface area contributed by atoms with Crippen molar-refractivity contribution in [3.63, 3.8) is 0 Å². The molecule has 0 aliphatic rings. The maximum Gasteiger partial charge on any atom is 0.251 e. The summed E-state index contributed by atoms with van der Waals surface area (Å²) in [5.41, 5.74) is 2.80. The molecule has 3 aromatic rings. The van der Waals surface area contributed by atoms with Crippen LogP contribution in [0, 0.1) is 0 Å². The molecule has 2 aromatic heterocycles. The molecule has 0 aliphatic carbocycles. The highest BCUT2D eigenvalue weighted by atomic mass is 32.2. The summed E-state index contributed by atoms with van der Waals surface area (Å²) >= 11 is 1.50. The number of nitrogens with one attached hydrogen (secondary N) is 1. The lowest BCUT2D eigenvalue weighted by Gasteiger charge is -2.03. The van der Waals surface area contributed by atoms with E-state index in [4.69, 9.17) is 0 Å². The fourth-order valence-corrected chi connectivity index (χ4v) is 3.07. The Labute approximate surface area is 126 Å². The van der Waals surface area contributed by atoms with Gasteiger partial charge in [0.2, 0.25) is 0 Å². The number of aryl methyl sites for hydroxylation is 2. The van der Waals surface area contributed by atoms with Crippen LogP contribution in [0.3, 0.4) is 0 Å². The van der Waals surface area contributed by atoms with Crippen molar-refractivity contribution < 1.29 is 0 Å². The molecule has 1 N–H and O–H groups in total. The summed E-state index contributed by atoms with van der Waals surface area (Å²) in [5.74, 6) is 1.63. The van der Waals surface area contributed by atoms with Crippen molar-refractivity contribution in [3.8, 4) is 0 Å². The summed E-state index contributed by atoms with van der Waals surface area (Å²) in [6.07, 6.45) is 0.754. The Bertz CT molecular complexity index is 837. The average molecular weight is 300 g/mol. The Morgan fingerprint density at radius 2 is 2.10 bits per heavy atom. The van der Waals surface area contributed by atoms with E-state index < -0.39 is 0 Å². The Hall–Kier alpha value is -2.08. The van der Waals surface area contributed by atoms with E-state index in [1.807, 2.05) is 38.2 Å². The van der Waals surface area contributed by atoms with Crippen LogP contribution in [0.2, 0.25) is 0 Å². The van der Waals surface area contributed by atoms with Crippen molar-refractivity contribution in [2.24, 2.45) is 7.05 Å². The number of imidazole rings is 1. The van der Waals surface area contributed by atoms with Crippen molar-refractivity contribution in [2.75, 3.05) is 0 Å². The molecule has 0 amide bonds. The van der Waals surface area contributed by atoms with Gasteiger partial charge in [0.1, 0.15) is 5.82 Å². The Balaban J connectivity index is 1.85.